The van der Waals surface area contributed by atoms with Gasteiger partial charge < -0.3 is 10.1 Å². The molecule has 0 saturated heterocycles. The van der Waals surface area contributed by atoms with Crippen molar-refractivity contribution in [2.45, 2.75) is 0 Å². The summed E-state index contributed by atoms with van der Waals surface area (Å²) in [5, 5.41) is 13.0. The molecule has 2 aromatic rings. The van der Waals surface area contributed by atoms with Crippen molar-refractivity contribution in [3.63, 3.8) is 0 Å². The molecule has 1 N–H and O–H groups in total. The van der Waals surface area contributed by atoms with Gasteiger partial charge in [0.1, 0.15) is 0 Å². The van der Waals surface area contributed by atoms with Gasteiger partial charge in [0.25, 0.3) is 5.69 Å². The van der Waals surface area contributed by atoms with E-state index in [9.17, 15) is 14.5 Å². The second kappa shape index (κ2) is 5.61. The average Bonchev–Trinajstić information content (AvgIpc) is 2.40. The van der Waals surface area contributed by atoms with E-state index in [0.29, 0.717) is 0 Å². The fourth-order valence-corrected chi connectivity index (χ4v) is 1.43. The zero-order valence-electron chi connectivity index (χ0n) is 10.0. The third-order valence-electron chi connectivity index (χ3n) is 2.14. The van der Waals surface area contributed by atoms with Crippen LogP contribution in [0.1, 0.15) is 0 Å². The van der Waals surface area contributed by atoms with Crippen LogP contribution in [0.5, 0.6) is 11.8 Å². The Labute approximate surface area is 116 Å². The van der Waals surface area contributed by atoms with Crippen molar-refractivity contribution in [1.82, 2.24) is 15.0 Å². The molecule has 104 valence electrons. The number of nitrogens with zero attached hydrogens (tertiary/aromatic N) is 4. The number of non-ortho nitro benzene ring substituents is 1. The molecule has 0 spiro atoms. The predicted molar refractivity (Wildman–Crippen MR) is 67.5 cm³/mol. The highest BCUT2D eigenvalue weighted by Gasteiger charge is 2.14. The molecular formula is C10H7ClFN5O3. The minimum absolute atomic E-state index is 0.137. The summed E-state index contributed by atoms with van der Waals surface area (Å²) in [4.78, 5) is 21.0. The Balaban J connectivity index is 2.30. The molecule has 0 aliphatic carbocycles. The van der Waals surface area contributed by atoms with Crippen molar-refractivity contribution in [2.75, 3.05) is 12.4 Å². The van der Waals surface area contributed by atoms with Crippen LogP contribution in [-0.4, -0.2) is 26.9 Å². The summed E-state index contributed by atoms with van der Waals surface area (Å²) < 4.78 is 18.7. The molecule has 1 aromatic carbocycles. The number of nitrogens with one attached hydrogen (secondary N) is 1. The SMILES string of the molecule is CNc1nc(Cl)nc(Oc2ccc([N+](=O)[O-])cc2F)n1. The minimum atomic E-state index is -0.915. The van der Waals surface area contributed by atoms with Crippen LogP contribution in [0.3, 0.4) is 0 Å². The van der Waals surface area contributed by atoms with Crippen LogP contribution in [-0.2, 0) is 0 Å². The van der Waals surface area contributed by atoms with Crippen molar-refractivity contribution in [1.29, 1.82) is 0 Å². The zero-order valence-corrected chi connectivity index (χ0v) is 10.8. The van der Waals surface area contributed by atoms with Crippen LogP contribution in [0, 0.1) is 15.9 Å². The lowest BCUT2D eigenvalue weighted by atomic mass is 10.3. The van der Waals surface area contributed by atoms with Gasteiger partial charge in [-0.25, -0.2) is 4.39 Å². The number of hydrogen-bond donors (Lipinski definition) is 1. The van der Waals surface area contributed by atoms with E-state index in [1.807, 2.05) is 0 Å². The highest BCUT2D eigenvalue weighted by atomic mass is 35.5. The van der Waals surface area contributed by atoms with Gasteiger partial charge in [-0.3, -0.25) is 10.1 Å². The van der Waals surface area contributed by atoms with Crippen LogP contribution in [0.2, 0.25) is 5.28 Å². The van der Waals surface area contributed by atoms with Crippen molar-refractivity contribution < 1.29 is 14.1 Å². The van der Waals surface area contributed by atoms with Gasteiger partial charge in [0, 0.05) is 13.1 Å². The molecule has 1 heterocycles. The van der Waals surface area contributed by atoms with E-state index >= 15 is 0 Å². The second-order valence-corrected chi connectivity index (χ2v) is 3.77. The summed E-state index contributed by atoms with van der Waals surface area (Å²) >= 11 is 5.64. The van der Waals surface area contributed by atoms with E-state index in [4.69, 9.17) is 16.3 Å². The van der Waals surface area contributed by atoms with Crippen LogP contribution in [0.4, 0.5) is 16.0 Å². The molecule has 0 atom stereocenters. The van der Waals surface area contributed by atoms with Crippen LogP contribution in [0.25, 0.3) is 0 Å². The molecule has 0 aliphatic heterocycles. The maximum atomic E-state index is 13.6. The van der Waals surface area contributed by atoms with Gasteiger partial charge in [0.15, 0.2) is 11.6 Å². The molecule has 0 aliphatic rings. The lowest BCUT2D eigenvalue weighted by molar-refractivity contribution is -0.385. The Morgan fingerprint density at radius 2 is 2.15 bits per heavy atom. The maximum absolute atomic E-state index is 13.6. The smallest absolute Gasteiger partial charge is 0.328 e. The summed E-state index contributed by atoms with van der Waals surface area (Å²) in [7, 11) is 1.56. The van der Waals surface area contributed by atoms with Gasteiger partial charge in [0.2, 0.25) is 11.2 Å². The number of aromatic nitrogens is 3. The first-order valence-corrected chi connectivity index (χ1v) is 5.58. The summed E-state index contributed by atoms with van der Waals surface area (Å²) in [6, 6.07) is 2.70. The Bertz CT molecular complexity index is 669. The molecule has 8 nitrogen and oxygen atoms in total. The van der Waals surface area contributed by atoms with Gasteiger partial charge in [-0.15, -0.1) is 0 Å². The van der Waals surface area contributed by atoms with Gasteiger partial charge >= 0.3 is 6.01 Å². The van der Waals surface area contributed by atoms with Gasteiger partial charge in [-0.1, -0.05) is 0 Å². The first kappa shape index (κ1) is 13.9. The molecule has 0 unspecified atom stereocenters. The Morgan fingerprint density at radius 3 is 2.75 bits per heavy atom. The zero-order chi connectivity index (χ0) is 14.7. The average molecular weight is 300 g/mol. The monoisotopic (exact) mass is 299 g/mol. The molecule has 0 radical (unpaired) electrons. The molecule has 1 aromatic heterocycles. The summed E-state index contributed by atoms with van der Waals surface area (Å²) in [5.41, 5.74) is -0.389. The first-order valence-electron chi connectivity index (χ1n) is 5.20. The third-order valence-corrected chi connectivity index (χ3v) is 2.31. The Morgan fingerprint density at radius 1 is 1.40 bits per heavy atom. The highest BCUT2D eigenvalue weighted by molar-refractivity contribution is 6.28. The molecule has 10 heteroatoms. The highest BCUT2D eigenvalue weighted by Crippen LogP contribution is 2.26. The van der Waals surface area contributed by atoms with Crippen molar-refractivity contribution in [3.8, 4) is 11.8 Å². The van der Waals surface area contributed by atoms with E-state index < -0.39 is 10.7 Å². The first-order chi connectivity index (χ1) is 9.49. The fraction of sp³-hybridized carbons (Fsp3) is 0.100. The Hall–Kier alpha value is -2.55. The molecule has 20 heavy (non-hydrogen) atoms. The number of benzene rings is 1. The van der Waals surface area contributed by atoms with Crippen molar-refractivity contribution >= 4 is 23.2 Å². The van der Waals surface area contributed by atoms with E-state index in [1.165, 1.54) is 0 Å². The summed E-state index contributed by atoms with van der Waals surface area (Å²) in [6.45, 7) is 0. The van der Waals surface area contributed by atoms with E-state index in [0.717, 1.165) is 18.2 Å². The van der Waals surface area contributed by atoms with Crippen molar-refractivity contribution in [2.24, 2.45) is 0 Å². The maximum Gasteiger partial charge on any atom is 0.328 e. The lowest BCUT2D eigenvalue weighted by Crippen LogP contribution is -2.02. The third kappa shape index (κ3) is 3.06. The quantitative estimate of drug-likeness (QED) is 0.683. The lowest BCUT2D eigenvalue weighted by Gasteiger charge is -2.06. The number of nitro benzene ring substituents is 1. The summed E-state index contributed by atoms with van der Waals surface area (Å²) in [5.74, 6) is -1.04. The minimum Gasteiger partial charge on any atom is -0.421 e. The van der Waals surface area contributed by atoms with Gasteiger partial charge in [0.05, 0.1) is 11.0 Å². The number of anilines is 1. The fourth-order valence-electron chi connectivity index (χ4n) is 1.27. The molecule has 0 fully saturated rings. The predicted octanol–water partition coefficient (Wildman–Crippen LogP) is 2.41. The van der Waals surface area contributed by atoms with Gasteiger partial charge in [-0.2, -0.15) is 15.0 Å². The molecule has 0 bridgehead atoms. The number of ether oxygens (including phenoxy) is 1. The number of nitro groups is 1. The van der Waals surface area contributed by atoms with E-state index in [-0.39, 0.29) is 28.7 Å². The molecule has 0 saturated carbocycles. The van der Waals surface area contributed by atoms with Gasteiger partial charge in [-0.05, 0) is 17.7 Å². The topological polar surface area (TPSA) is 103 Å². The van der Waals surface area contributed by atoms with Crippen LogP contribution < -0.4 is 10.1 Å². The van der Waals surface area contributed by atoms with Crippen LogP contribution in [0.15, 0.2) is 18.2 Å². The molecule has 0 amide bonds. The Kier molecular flexibility index (Phi) is 3.89. The molecule has 2 rings (SSSR count). The second-order valence-electron chi connectivity index (χ2n) is 3.43. The normalized spacial score (nSPS) is 10.2. The molecular weight excluding hydrogens is 293 g/mol. The largest absolute Gasteiger partial charge is 0.421 e. The summed E-state index contributed by atoms with van der Waals surface area (Å²) in [6.07, 6.45) is 0. The van der Waals surface area contributed by atoms with Crippen molar-refractivity contribution in [3.05, 3.63) is 39.4 Å². The number of halogens is 2. The number of rotatable bonds is 4. The van der Waals surface area contributed by atoms with E-state index in [2.05, 4.69) is 20.3 Å². The van der Waals surface area contributed by atoms with Crippen LogP contribution >= 0.6 is 11.6 Å². The standard InChI is InChI=1S/C10H7ClFN5O3/c1-13-9-14-8(11)15-10(16-9)20-7-3-2-5(17(18)19)4-6(7)12/h2-4H,1H3,(H,13,14,15,16). The van der Waals surface area contributed by atoms with E-state index in [1.54, 1.807) is 7.05 Å². The number of hydrogen-bond acceptors (Lipinski definition) is 7.